The van der Waals surface area contributed by atoms with Crippen molar-refractivity contribution in [3.63, 3.8) is 0 Å². The van der Waals surface area contributed by atoms with Gasteiger partial charge in [-0.3, -0.25) is 4.79 Å². The summed E-state index contributed by atoms with van der Waals surface area (Å²) in [5.74, 6) is 0.643. The molecule has 0 fully saturated rings. The van der Waals surface area contributed by atoms with E-state index in [-0.39, 0.29) is 18.3 Å². The molecule has 28 heavy (non-hydrogen) atoms. The van der Waals surface area contributed by atoms with Gasteiger partial charge in [0, 0.05) is 16.6 Å². The summed E-state index contributed by atoms with van der Waals surface area (Å²) in [4.78, 5) is 14.8. The SMILES string of the molecule is COc1ccc2cc(Br)ccc2c1CN1C(=O)C(N)CNc2ccccc21.Cl. The number of halogens is 2. The van der Waals surface area contributed by atoms with Crippen LogP contribution >= 0.6 is 28.3 Å². The molecule has 0 spiro atoms. The van der Waals surface area contributed by atoms with Gasteiger partial charge in [0.25, 0.3) is 0 Å². The van der Waals surface area contributed by atoms with Crippen molar-refractivity contribution in [1.29, 1.82) is 0 Å². The molecule has 5 nitrogen and oxygen atoms in total. The van der Waals surface area contributed by atoms with Crippen LogP contribution in [0.15, 0.2) is 59.1 Å². The zero-order valence-corrected chi connectivity index (χ0v) is 17.7. The van der Waals surface area contributed by atoms with Crippen molar-refractivity contribution in [2.75, 3.05) is 23.9 Å². The molecule has 3 aromatic carbocycles. The number of amides is 1. The first-order valence-electron chi connectivity index (χ1n) is 8.73. The lowest BCUT2D eigenvalue weighted by Crippen LogP contribution is -2.45. The number of benzene rings is 3. The highest BCUT2D eigenvalue weighted by molar-refractivity contribution is 9.10. The van der Waals surface area contributed by atoms with E-state index in [2.05, 4.69) is 27.3 Å². The van der Waals surface area contributed by atoms with Gasteiger partial charge in [0.1, 0.15) is 11.8 Å². The Kier molecular flexibility index (Phi) is 6.13. The van der Waals surface area contributed by atoms with Crippen molar-refractivity contribution < 1.29 is 9.53 Å². The molecule has 0 bridgehead atoms. The van der Waals surface area contributed by atoms with Crippen LogP contribution in [0.25, 0.3) is 10.8 Å². The van der Waals surface area contributed by atoms with Crippen LogP contribution in [0.4, 0.5) is 11.4 Å². The molecule has 1 unspecified atom stereocenters. The first-order chi connectivity index (χ1) is 13.1. The van der Waals surface area contributed by atoms with Crippen LogP contribution in [0.5, 0.6) is 5.75 Å². The predicted octanol–water partition coefficient (Wildman–Crippen LogP) is 4.32. The minimum Gasteiger partial charge on any atom is -0.496 e. The average molecular weight is 463 g/mol. The number of methoxy groups -OCH3 is 1. The summed E-state index contributed by atoms with van der Waals surface area (Å²) in [5.41, 5.74) is 8.80. The van der Waals surface area contributed by atoms with Gasteiger partial charge in [0.05, 0.1) is 25.0 Å². The zero-order chi connectivity index (χ0) is 19.0. The molecule has 146 valence electrons. The summed E-state index contributed by atoms with van der Waals surface area (Å²) in [6.07, 6.45) is 0. The Morgan fingerprint density at radius 1 is 1.21 bits per heavy atom. The highest BCUT2D eigenvalue weighted by Gasteiger charge is 2.29. The topological polar surface area (TPSA) is 67.6 Å². The predicted molar refractivity (Wildman–Crippen MR) is 120 cm³/mol. The maximum absolute atomic E-state index is 13.0. The Morgan fingerprint density at radius 2 is 2.00 bits per heavy atom. The minimum atomic E-state index is -0.604. The fourth-order valence-electron chi connectivity index (χ4n) is 3.51. The largest absolute Gasteiger partial charge is 0.496 e. The monoisotopic (exact) mass is 461 g/mol. The normalized spacial score (nSPS) is 16.0. The van der Waals surface area contributed by atoms with Crippen LogP contribution in [0.1, 0.15) is 5.56 Å². The van der Waals surface area contributed by atoms with Crippen molar-refractivity contribution in [2.45, 2.75) is 12.6 Å². The Hall–Kier alpha value is -2.28. The number of nitrogens with two attached hydrogens (primary N) is 1. The van der Waals surface area contributed by atoms with Crippen LogP contribution in [0, 0.1) is 0 Å². The van der Waals surface area contributed by atoms with Crippen LogP contribution in [-0.2, 0) is 11.3 Å². The third kappa shape index (κ3) is 3.68. The molecule has 1 amide bonds. The van der Waals surface area contributed by atoms with Crippen molar-refractivity contribution in [2.24, 2.45) is 5.73 Å². The lowest BCUT2D eigenvalue weighted by Gasteiger charge is -2.25. The van der Waals surface area contributed by atoms with Gasteiger partial charge in [-0.05, 0) is 41.1 Å². The van der Waals surface area contributed by atoms with E-state index in [9.17, 15) is 4.79 Å². The molecule has 0 aliphatic carbocycles. The lowest BCUT2D eigenvalue weighted by atomic mass is 10.0. The van der Waals surface area contributed by atoms with Gasteiger partial charge in [-0.15, -0.1) is 12.4 Å². The molecule has 0 saturated heterocycles. The molecule has 1 atom stereocenters. The molecule has 0 radical (unpaired) electrons. The highest BCUT2D eigenvalue weighted by atomic mass is 79.9. The molecule has 1 aliphatic heterocycles. The Bertz CT molecular complexity index is 1030. The number of hydrogen-bond acceptors (Lipinski definition) is 4. The summed E-state index contributed by atoms with van der Waals surface area (Å²) in [7, 11) is 1.65. The van der Waals surface area contributed by atoms with Gasteiger partial charge in [0.2, 0.25) is 5.91 Å². The van der Waals surface area contributed by atoms with Gasteiger partial charge in [-0.25, -0.2) is 0 Å². The second kappa shape index (κ2) is 8.39. The standard InChI is InChI=1S/C21H20BrN3O2.ClH/c1-27-20-9-6-13-10-14(22)7-8-15(13)16(20)12-25-19-5-3-2-4-18(19)24-11-17(23)21(25)26;/h2-10,17,24H,11-12,23H2,1H3;1H. The molecule has 7 heteroatoms. The van der Waals surface area contributed by atoms with Crippen molar-refractivity contribution in [3.8, 4) is 5.75 Å². The molecule has 1 aliphatic rings. The number of anilines is 2. The summed E-state index contributed by atoms with van der Waals surface area (Å²) < 4.78 is 6.62. The smallest absolute Gasteiger partial charge is 0.246 e. The number of nitrogens with zero attached hydrogens (tertiary/aromatic N) is 1. The van der Waals surface area contributed by atoms with E-state index in [0.717, 1.165) is 37.9 Å². The molecular formula is C21H21BrClN3O2. The van der Waals surface area contributed by atoms with E-state index >= 15 is 0 Å². The Labute approximate surface area is 178 Å². The van der Waals surface area contributed by atoms with Crippen LogP contribution < -0.4 is 20.7 Å². The van der Waals surface area contributed by atoms with Crippen LogP contribution in [0.3, 0.4) is 0 Å². The number of carbonyl (C=O) groups is 1. The van der Waals surface area contributed by atoms with Crippen molar-refractivity contribution in [1.82, 2.24) is 0 Å². The van der Waals surface area contributed by atoms with Gasteiger partial charge in [-0.1, -0.05) is 40.2 Å². The summed E-state index contributed by atoms with van der Waals surface area (Å²) in [6.45, 7) is 0.791. The number of rotatable bonds is 3. The van der Waals surface area contributed by atoms with E-state index < -0.39 is 6.04 Å². The Balaban J connectivity index is 0.00000225. The summed E-state index contributed by atoms with van der Waals surface area (Å²) in [5, 5.41) is 5.40. The Morgan fingerprint density at radius 3 is 2.79 bits per heavy atom. The number of hydrogen-bond donors (Lipinski definition) is 2. The van der Waals surface area contributed by atoms with Gasteiger partial charge >= 0.3 is 0 Å². The molecule has 3 N–H and O–H groups in total. The first kappa shape index (κ1) is 20.5. The molecule has 0 saturated carbocycles. The number of para-hydroxylation sites is 2. The first-order valence-corrected chi connectivity index (χ1v) is 9.53. The number of nitrogens with one attached hydrogen (secondary N) is 1. The number of carbonyl (C=O) groups excluding carboxylic acids is 1. The third-order valence-corrected chi connectivity index (χ3v) is 5.37. The lowest BCUT2D eigenvalue weighted by molar-refractivity contribution is -0.119. The maximum Gasteiger partial charge on any atom is 0.246 e. The van der Waals surface area contributed by atoms with E-state index in [1.807, 2.05) is 48.5 Å². The highest BCUT2D eigenvalue weighted by Crippen LogP contribution is 2.35. The zero-order valence-electron chi connectivity index (χ0n) is 15.3. The van der Waals surface area contributed by atoms with Gasteiger partial charge in [0.15, 0.2) is 0 Å². The number of ether oxygens (including phenoxy) is 1. The minimum absolute atomic E-state index is 0. The van der Waals surface area contributed by atoms with E-state index in [1.165, 1.54) is 0 Å². The van der Waals surface area contributed by atoms with Gasteiger partial charge < -0.3 is 20.7 Å². The van der Waals surface area contributed by atoms with E-state index in [4.69, 9.17) is 10.5 Å². The molecule has 0 aromatic heterocycles. The average Bonchev–Trinajstić information content (AvgIpc) is 2.80. The summed E-state index contributed by atoms with van der Waals surface area (Å²) >= 11 is 3.52. The van der Waals surface area contributed by atoms with Crippen molar-refractivity contribution >= 4 is 56.4 Å². The fraction of sp³-hybridized carbons (Fsp3) is 0.190. The molecule has 1 heterocycles. The van der Waals surface area contributed by atoms with Crippen molar-refractivity contribution in [3.05, 3.63) is 64.6 Å². The second-order valence-electron chi connectivity index (χ2n) is 6.54. The van der Waals surface area contributed by atoms with Crippen LogP contribution in [-0.4, -0.2) is 25.6 Å². The third-order valence-electron chi connectivity index (χ3n) is 4.88. The number of fused-ring (bicyclic) bond motifs is 2. The summed E-state index contributed by atoms with van der Waals surface area (Å²) in [6, 6.07) is 17.2. The fourth-order valence-corrected chi connectivity index (χ4v) is 3.88. The molecule has 4 rings (SSSR count). The van der Waals surface area contributed by atoms with Gasteiger partial charge in [-0.2, -0.15) is 0 Å². The quantitative estimate of drug-likeness (QED) is 0.608. The maximum atomic E-state index is 13.0. The van der Waals surface area contributed by atoms with Crippen LogP contribution in [0.2, 0.25) is 0 Å². The van der Waals surface area contributed by atoms with E-state index in [0.29, 0.717) is 13.1 Å². The molecule has 3 aromatic rings. The van der Waals surface area contributed by atoms with E-state index in [1.54, 1.807) is 12.0 Å². The second-order valence-corrected chi connectivity index (χ2v) is 7.46. The molecular weight excluding hydrogens is 442 g/mol.